The molecular formula is C23H33N9O12P2. The van der Waals surface area contributed by atoms with E-state index < -0.39 is 52.9 Å². The lowest BCUT2D eigenvalue weighted by Crippen LogP contribution is -2.28. The second-order valence-corrected chi connectivity index (χ2v) is 12.6. The molecule has 6 rings (SSSR count). The van der Waals surface area contributed by atoms with Crippen molar-refractivity contribution in [2.75, 3.05) is 37.9 Å². The Labute approximate surface area is 260 Å². The molecule has 2 aliphatic heterocycles. The van der Waals surface area contributed by atoms with Gasteiger partial charge in [-0.2, -0.15) is 0 Å². The summed E-state index contributed by atoms with van der Waals surface area (Å²) in [5.41, 5.74) is 3.19. The van der Waals surface area contributed by atoms with Crippen LogP contribution >= 0.6 is 15.6 Å². The largest absolute Gasteiger partial charge is 0.469 e. The molecule has 6 heterocycles. The van der Waals surface area contributed by atoms with Crippen molar-refractivity contribution < 1.29 is 57.4 Å². The monoisotopic (exact) mass is 689 g/mol. The standard InChI is InChI=1S/C12H16N4O3.C11H17N5O9P2/c1-13-7-2-3-14-12-11(7)15-6-16(12)10-4-8(18)9(5-17)19-10;1-12-10-9-11(14-4-13-10)16(5-15-9)8-2-6(25-27(20,21)22)7(24-8)3-23-26(17,18)19/h2-3,6,8-10,17-18H,4-5H2,1H3,(H,13,14);4-8H,2-3H2,1H3,(H,12,13,14)(H2,17,18,19)(H2,20,21,22)/t8-,9+,10+;6-,7+,8+/m00/s1. The van der Waals surface area contributed by atoms with Crippen molar-refractivity contribution in [3.8, 4) is 0 Å². The molecule has 4 aromatic heterocycles. The van der Waals surface area contributed by atoms with E-state index in [4.69, 9.17) is 38.7 Å². The van der Waals surface area contributed by atoms with Crippen LogP contribution in [0.25, 0.3) is 22.3 Å². The Morgan fingerprint density at radius 1 is 0.891 bits per heavy atom. The number of fused-ring (bicyclic) bond motifs is 2. The molecule has 2 saturated heterocycles. The number of phosphoric ester groups is 2. The lowest BCUT2D eigenvalue weighted by molar-refractivity contribution is -0.0432. The first-order valence-electron chi connectivity index (χ1n) is 13.7. The van der Waals surface area contributed by atoms with Crippen LogP contribution in [-0.4, -0.2) is 116 Å². The Morgan fingerprint density at radius 3 is 2.15 bits per heavy atom. The first kappa shape index (κ1) is 34.2. The summed E-state index contributed by atoms with van der Waals surface area (Å²) in [4.78, 5) is 56.8. The number of rotatable bonds is 10. The van der Waals surface area contributed by atoms with Gasteiger partial charge in [0, 0.05) is 33.1 Å². The third-order valence-corrected chi connectivity index (χ3v) is 8.22. The number of hydrogen-bond donors (Lipinski definition) is 8. The normalized spacial score (nSPS) is 25.1. The lowest BCUT2D eigenvalue weighted by Gasteiger charge is -2.19. The summed E-state index contributed by atoms with van der Waals surface area (Å²) >= 11 is 0. The maximum atomic E-state index is 11.2. The zero-order valence-electron chi connectivity index (χ0n) is 24.3. The summed E-state index contributed by atoms with van der Waals surface area (Å²) < 4.78 is 45.8. The fourth-order valence-corrected chi connectivity index (χ4v) is 6.04. The van der Waals surface area contributed by atoms with Gasteiger partial charge in [0.1, 0.15) is 48.1 Å². The zero-order chi connectivity index (χ0) is 33.2. The number of ether oxygens (including phenoxy) is 2. The Hall–Kier alpha value is -3.17. The number of pyridine rings is 1. The summed E-state index contributed by atoms with van der Waals surface area (Å²) in [5, 5.41) is 24.8. The van der Waals surface area contributed by atoms with Crippen molar-refractivity contribution in [1.82, 2.24) is 34.1 Å². The molecule has 23 heteroatoms. The van der Waals surface area contributed by atoms with Gasteiger partial charge in [0.05, 0.1) is 37.7 Å². The second-order valence-electron chi connectivity index (χ2n) is 10.1. The van der Waals surface area contributed by atoms with Crippen molar-refractivity contribution in [3.63, 3.8) is 0 Å². The Balaban J connectivity index is 0.000000192. The molecule has 0 aliphatic carbocycles. The molecule has 0 aromatic carbocycles. The van der Waals surface area contributed by atoms with Crippen molar-refractivity contribution in [2.24, 2.45) is 0 Å². The van der Waals surface area contributed by atoms with Gasteiger partial charge >= 0.3 is 15.6 Å². The number of aliphatic hydroxyl groups excluding tert-OH is 2. The number of nitrogens with zero attached hydrogens (tertiary/aromatic N) is 7. The molecule has 252 valence electrons. The fourth-order valence-electron chi connectivity index (χ4n) is 5.12. The van der Waals surface area contributed by atoms with Crippen molar-refractivity contribution in [3.05, 3.63) is 31.2 Å². The molecule has 2 aliphatic rings. The predicted octanol–water partition coefficient (Wildman–Crippen LogP) is -0.144. The Kier molecular flexibility index (Phi) is 10.3. The Morgan fingerprint density at radius 2 is 1.54 bits per heavy atom. The maximum Gasteiger partial charge on any atom is 0.469 e. The average molecular weight is 690 g/mol. The number of nitrogens with one attached hydrogen (secondary N) is 2. The quantitative estimate of drug-likeness (QED) is 0.100. The van der Waals surface area contributed by atoms with E-state index in [0.29, 0.717) is 29.0 Å². The van der Waals surface area contributed by atoms with Crippen LogP contribution < -0.4 is 10.6 Å². The number of aliphatic hydroxyl groups is 2. The van der Waals surface area contributed by atoms with Crippen LogP contribution in [0.3, 0.4) is 0 Å². The average Bonchev–Trinajstić information content (AvgIpc) is 3.79. The van der Waals surface area contributed by atoms with Gasteiger partial charge in [-0.1, -0.05) is 0 Å². The van der Waals surface area contributed by atoms with E-state index in [1.165, 1.54) is 17.2 Å². The van der Waals surface area contributed by atoms with Crippen molar-refractivity contribution in [2.45, 2.75) is 49.7 Å². The van der Waals surface area contributed by atoms with Gasteiger partial charge in [-0.3, -0.25) is 18.2 Å². The van der Waals surface area contributed by atoms with E-state index in [9.17, 15) is 14.2 Å². The van der Waals surface area contributed by atoms with Crippen LogP contribution in [0.15, 0.2) is 31.2 Å². The van der Waals surface area contributed by atoms with Gasteiger partial charge < -0.3 is 49.9 Å². The van der Waals surface area contributed by atoms with Gasteiger partial charge in [0.15, 0.2) is 17.1 Å². The summed E-state index contributed by atoms with van der Waals surface area (Å²) in [6.45, 7) is -0.825. The molecule has 0 saturated carbocycles. The highest BCUT2D eigenvalue weighted by Gasteiger charge is 2.42. The molecule has 0 spiro atoms. The van der Waals surface area contributed by atoms with E-state index >= 15 is 0 Å². The van der Waals surface area contributed by atoms with Crippen LogP contribution in [0.2, 0.25) is 0 Å². The van der Waals surface area contributed by atoms with Crippen LogP contribution in [0.4, 0.5) is 11.5 Å². The number of anilines is 2. The fraction of sp³-hybridized carbons (Fsp3) is 0.522. The van der Waals surface area contributed by atoms with Crippen molar-refractivity contribution in [1.29, 1.82) is 0 Å². The van der Waals surface area contributed by atoms with Crippen LogP contribution in [0, 0.1) is 0 Å². The van der Waals surface area contributed by atoms with Gasteiger partial charge in [-0.15, -0.1) is 0 Å². The molecule has 0 amide bonds. The third kappa shape index (κ3) is 7.68. The molecular weight excluding hydrogens is 656 g/mol. The third-order valence-electron chi connectivity index (χ3n) is 7.19. The number of phosphoric acid groups is 2. The topological polar surface area (TPSA) is 291 Å². The molecule has 2 fully saturated rings. The summed E-state index contributed by atoms with van der Waals surface area (Å²) in [7, 11) is -6.19. The molecule has 0 unspecified atom stereocenters. The predicted molar refractivity (Wildman–Crippen MR) is 157 cm³/mol. The highest BCUT2D eigenvalue weighted by atomic mass is 31.2. The van der Waals surface area contributed by atoms with E-state index in [-0.39, 0.29) is 19.3 Å². The molecule has 21 nitrogen and oxygen atoms in total. The van der Waals surface area contributed by atoms with E-state index in [1.807, 2.05) is 13.1 Å². The number of hydrogen-bond acceptors (Lipinski definition) is 15. The molecule has 0 radical (unpaired) electrons. The first-order chi connectivity index (χ1) is 21.8. The minimum Gasteiger partial charge on any atom is -0.394 e. The highest BCUT2D eigenvalue weighted by Crippen LogP contribution is 2.45. The molecule has 46 heavy (non-hydrogen) atoms. The van der Waals surface area contributed by atoms with E-state index in [1.54, 1.807) is 24.1 Å². The maximum absolute atomic E-state index is 11.2. The van der Waals surface area contributed by atoms with Crippen LogP contribution in [0.1, 0.15) is 25.3 Å². The number of imidazole rings is 2. The minimum atomic E-state index is -4.87. The van der Waals surface area contributed by atoms with Crippen molar-refractivity contribution >= 4 is 49.5 Å². The molecule has 4 aromatic rings. The molecule has 0 bridgehead atoms. The van der Waals surface area contributed by atoms with Crippen LogP contribution in [-0.2, 0) is 27.7 Å². The van der Waals surface area contributed by atoms with Gasteiger partial charge in [-0.25, -0.2) is 34.0 Å². The summed E-state index contributed by atoms with van der Waals surface area (Å²) in [6, 6.07) is 1.85. The van der Waals surface area contributed by atoms with Gasteiger partial charge in [-0.05, 0) is 6.07 Å². The van der Waals surface area contributed by atoms with E-state index in [2.05, 4.69) is 40.1 Å². The second kappa shape index (κ2) is 13.9. The zero-order valence-corrected chi connectivity index (χ0v) is 26.1. The van der Waals surface area contributed by atoms with E-state index in [0.717, 1.165) is 11.2 Å². The Bertz CT molecular complexity index is 1750. The summed E-state index contributed by atoms with van der Waals surface area (Å²) in [5.74, 6) is 0.473. The first-order valence-corrected chi connectivity index (χ1v) is 16.8. The molecule has 8 N–H and O–H groups in total. The smallest absolute Gasteiger partial charge is 0.394 e. The molecule has 6 atom stereocenters. The van der Waals surface area contributed by atoms with Gasteiger partial charge in [0.2, 0.25) is 0 Å². The minimum absolute atomic E-state index is 0.0371. The highest BCUT2D eigenvalue weighted by molar-refractivity contribution is 7.46. The van der Waals surface area contributed by atoms with Gasteiger partial charge in [0.25, 0.3) is 0 Å². The van der Waals surface area contributed by atoms with Crippen LogP contribution in [0.5, 0.6) is 0 Å². The number of aromatic nitrogens is 7. The summed E-state index contributed by atoms with van der Waals surface area (Å²) in [6.07, 6.45) is 1.75. The SMILES string of the molecule is CNc1ccnc2c1ncn2[C@H]1C[C@H](O)[C@@H](CO)O1.CNc1ncnc2c1ncn2[C@H]1C[C@H](OP(=O)(O)O)[C@@H](COP(=O)(O)O)O1. The lowest BCUT2D eigenvalue weighted by atomic mass is 10.2.